The number of amides is 2. The van der Waals surface area contributed by atoms with E-state index < -0.39 is 5.97 Å². The second-order valence-corrected chi connectivity index (χ2v) is 10.2. The Kier molecular flexibility index (Phi) is 10.1. The lowest BCUT2D eigenvalue weighted by Gasteiger charge is -2.30. The highest BCUT2D eigenvalue weighted by Gasteiger charge is 2.25. The summed E-state index contributed by atoms with van der Waals surface area (Å²) in [7, 11) is 0. The second-order valence-electron chi connectivity index (χ2n) is 10.2. The Morgan fingerprint density at radius 1 is 0.949 bits per heavy atom. The van der Waals surface area contributed by atoms with Gasteiger partial charge in [0.1, 0.15) is 0 Å². The Morgan fingerprint density at radius 3 is 2.44 bits per heavy atom. The van der Waals surface area contributed by atoms with E-state index in [2.05, 4.69) is 11.4 Å². The third-order valence-corrected chi connectivity index (χ3v) is 7.11. The van der Waals surface area contributed by atoms with Gasteiger partial charge in [0, 0.05) is 18.8 Å². The maximum Gasteiger partial charge on any atom is 0.336 e. The average molecular weight is 531 g/mol. The molecule has 0 saturated heterocycles. The molecule has 206 valence electrons. The van der Waals surface area contributed by atoms with Crippen LogP contribution in [0.1, 0.15) is 58.3 Å². The van der Waals surface area contributed by atoms with Gasteiger partial charge in [-0.1, -0.05) is 66.2 Å². The van der Waals surface area contributed by atoms with E-state index in [4.69, 9.17) is 9.47 Å². The van der Waals surface area contributed by atoms with Crippen LogP contribution in [0.4, 0.5) is 10.5 Å². The summed E-state index contributed by atoms with van der Waals surface area (Å²) in [5, 5.41) is 12.6. The Bertz CT molecular complexity index is 1250. The second kappa shape index (κ2) is 13.9. The van der Waals surface area contributed by atoms with E-state index in [0.29, 0.717) is 30.8 Å². The molecule has 0 bridgehead atoms. The third kappa shape index (κ3) is 8.40. The van der Waals surface area contributed by atoms with Gasteiger partial charge >= 0.3 is 12.0 Å². The minimum atomic E-state index is -0.928. The SMILES string of the molecule is Cc1cccc(CN(CCOC2CCCC(OCc3cccc(C)c3C(=O)O)C2)C(=O)Nc2ccccc2)c1. The molecule has 3 aromatic rings. The van der Waals surface area contributed by atoms with Gasteiger partial charge in [0.25, 0.3) is 0 Å². The topological polar surface area (TPSA) is 88.1 Å². The normalized spacial score (nSPS) is 17.0. The van der Waals surface area contributed by atoms with Crippen molar-refractivity contribution in [2.45, 2.75) is 64.9 Å². The first-order valence-corrected chi connectivity index (χ1v) is 13.6. The van der Waals surface area contributed by atoms with Gasteiger partial charge in [-0.05, 0) is 68.4 Å². The van der Waals surface area contributed by atoms with Crippen molar-refractivity contribution in [3.63, 3.8) is 0 Å². The van der Waals surface area contributed by atoms with E-state index in [1.165, 1.54) is 0 Å². The van der Waals surface area contributed by atoms with Crippen molar-refractivity contribution < 1.29 is 24.2 Å². The van der Waals surface area contributed by atoms with E-state index in [0.717, 1.165) is 48.1 Å². The number of para-hydroxylation sites is 1. The fraction of sp³-hybridized carbons (Fsp3) is 0.375. The van der Waals surface area contributed by atoms with Gasteiger partial charge in [-0.15, -0.1) is 0 Å². The summed E-state index contributed by atoms with van der Waals surface area (Å²) < 4.78 is 12.4. The quantitative estimate of drug-likeness (QED) is 0.292. The lowest BCUT2D eigenvalue weighted by Crippen LogP contribution is -2.38. The number of benzene rings is 3. The number of hydrogen-bond acceptors (Lipinski definition) is 4. The van der Waals surface area contributed by atoms with E-state index >= 15 is 0 Å². The summed E-state index contributed by atoms with van der Waals surface area (Å²) in [5.74, 6) is -0.928. The van der Waals surface area contributed by atoms with Crippen LogP contribution in [0.25, 0.3) is 0 Å². The van der Waals surface area contributed by atoms with Crippen molar-refractivity contribution in [3.05, 3.63) is 101 Å². The van der Waals surface area contributed by atoms with Crippen LogP contribution >= 0.6 is 0 Å². The Morgan fingerprint density at radius 2 is 1.69 bits per heavy atom. The lowest BCUT2D eigenvalue weighted by molar-refractivity contribution is -0.0524. The maximum atomic E-state index is 13.2. The highest BCUT2D eigenvalue weighted by molar-refractivity contribution is 5.91. The third-order valence-electron chi connectivity index (χ3n) is 7.11. The largest absolute Gasteiger partial charge is 0.478 e. The summed E-state index contributed by atoms with van der Waals surface area (Å²) in [6, 6.07) is 23.0. The number of carbonyl (C=O) groups is 2. The molecular weight excluding hydrogens is 492 g/mol. The first kappa shape index (κ1) is 28.3. The molecule has 0 heterocycles. The van der Waals surface area contributed by atoms with Crippen LogP contribution in [-0.4, -0.2) is 47.4 Å². The molecular formula is C32H38N2O5. The molecule has 0 aliphatic heterocycles. The van der Waals surface area contributed by atoms with Gasteiger partial charge < -0.3 is 24.8 Å². The first-order chi connectivity index (χ1) is 18.9. The van der Waals surface area contributed by atoms with Crippen molar-refractivity contribution in [3.8, 4) is 0 Å². The molecule has 0 spiro atoms. The van der Waals surface area contributed by atoms with Gasteiger partial charge in [0.2, 0.25) is 0 Å². The zero-order valence-electron chi connectivity index (χ0n) is 22.8. The molecule has 1 fully saturated rings. The number of aryl methyl sites for hydroxylation is 2. The number of rotatable bonds is 11. The van der Waals surface area contributed by atoms with Crippen LogP contribution < -0.4 is 5.32 Å². The van der Waals surface area contributed by atoms with E-state index in [1.807, 2.05) is 67.6 Å². The van der Waals surface area contributed by atoms with Gasteiger partial charge in [0.05, 0.1) is 31.0 Å². The molecule has 39 heavy (non-hydrogen) atoms. The number of nitrogens with zero attached hydrogens (tertiary/aromatic N) is 1. The molecule has 7 nitrogen and oxygen atoms in total. The summed E-state index contributed by atoms with van der Waals surface area (Å²) in [6.45, 7) is 5.49. The first-order valence-electron chi connectivity index (χ1n) is 13.6. The molecule has 7 heteroatoms. The van der Waals surface area contributed by atoms with Crippen LogP contribution in [-0.2, 0) is 22.6 Å². The molecule has 4 rings (SSSR count). The summed E-state index contributed by atoms with van der Waals surface area (Å²) in [5.41, 5.74) is 4.73. The highest BCUT2D eigenvalue weighted by atomic mass is 16.5. The van der Waals surface area contributed by atoms with Crippen molar-refractivity contribution in [2.24, 2.45) is 0 Å². The maximum absolute atomic E-state index is 13.2. The molecule has 0 aromatic heterocycles. The minimum Gasteiger partial charge on any atom is -0.478 e. The number of carboxylic acid groups (broad SMARTS) is 1. The van der Waals surface area contributed by atoms with Crippen LogP contribution in [0.5, 0.6) is 0 Å². The number of nitrogens with one attached hydrogen (secondary N) is 1. The molecule has 2 N–H and O–H groups in total. The molecule has 1 aliphatic carbocycles. The van der Waals surface area contributed by atoms with E-state index in [-0.39, 0.29) is 24.8 Å². The molecule has 2 atom stereocenters. The summed E-state index contributed by atoms with van der Waals surface area (Å²) in [4.78, 5) is 26.6. The van der Waals surface area contributed by atoms with Gasteiger partial charge in [-0.2, -0.15) is 0 Å². The number of anilines is 1. The molecule has 3 aromatic carbocycles. The van der Waals surface area contributed by atoms with E-state index in [9.17, 15) is 14.7 Å². The number of carboxylic acids is 1. The Balaban J connectivity index is 1.31. The van der Waals surface area contributed by atoms with Crippen molar-refractivity contribution >= 4 is 17.7 Å². The van der Waals surface area contributed by atoms with Gasteiger partial charge in [-0.25, -0.2) is 9.59 Å². The summed E-state index contributed by atoms with van der Waals surface area (Å²) in [6.07, 6.45) is 3.65. The lowest BCUT2D eigenvalue weighted by atomic mass is 9.94. The molecule has 2 amide bonds. The number of carbonyl (C=O) groups excluding carboxylic acids is 1. The van der Waals surface area contributed by atoms with Crippen LogP contribution in [0.15, 0.2) is 72.8 Å². The number of ether oxygens (including phenoxy) is 2. The van der Waals surface area contributed by atoms with Crippen molar-refractivity contribution in [1.82, 2.24) is 4.90 Å². The predicted molar refractivity (Wildman–Crippen MR) is 152 cm³/mol. The smallest absolute Gasteiger partial charge is 0.336 e. The van der Waals surface area contributed by atoms with Gasteiger partial charge in [-0.3, -0.25) is 0 Å². The zero-order valence-corrected chi connectivity index (χ0v) is 22.8. The molecule has 2 unspecified atom stereocenters. The fourth-order valence-corrected chi connectivity index (χ4v) is 5.10. The van der Waals surface area contributed by atoms with Crippen LogP contribution in [0.3, 0.4) is 0 Å². The number of hydrogen-bond donors (Lipinski definition) is 2. The Labute approximate surface area is 230 Å². The number of urea groups is 1. The molecule has 1 saturated carbocycles. The monoisotopic (exact) mass is 530 g/mol. The zero-order chi connectivity index (χ0) is 27.6. The summed E-state index contributed by atoms with van der Waals surface area (Å²) >= 11 is 0. The molecule has 1 aliphatic rings. The standard InChI is InChI=1S/C32H38N2O5/c1-23-9-6-11-25(19-23)21-34(32(37)33-27-13-4-3-5-14-27)17-18-38-28-15-8-16-29(20-28)39-22-26-12-7-10-24(2)30(26)31(35)36/h3-7,9-14,19,28-29H,8,15-18,20-22H2,1-2H3,(H,33,37)(H,35,36). The minimum absolute atomic E-state index is 0.00989. The van der Waals surface area contributed by atoms with Crippen molar-refractivity contribution in [1.29, 1.82) is 0 Å². The molecule has 0 radical (unpaired) electrons. The highest BCUT2D eigenvalue weighted by Crippen LogP contribution is 2.25. The Hall–Kier alpha value is -3.68. The van der Waals surface area contributed by atoms with Crippen LogP contribution in [0, 0.1) is 13.8 Å². The number of aromatic carboxylic acids is 1. The predicted octanol–water partition coefficient (Wildman–Crippen LogP) is 6.58. The average Bonchev–Trinajstić information content (AvgIpc) is 2.92. The van der Waals surface area contributed by atoms with Crippen molar-refractivity contribution in [2.75, 3.05) is 18.5 Å². The van der Waals surface area contributed by atoms with Gasteiger partial charge in [0.15, 0.2) is 0 Å². The fourth-order valence-electron chi connectivity index (χ4n) is 5.10. The van der Waals surface area contributed by atoms with Crippen LogP contribution in [0.2, 0.25) is 0 Å². The van der Waals surface area contributed by atoms with E-state index in [1.54, 1.807) is 17.9 Å².